The Labute approximate surface area is 120 Å². The smallest absolute Gasteiger partial charge is 0.227 e. The molecule has 0 unspecified atom stereocenters. The number of hydrogen-bond acceptors (Lipinski definition) is 3. The van der Waals surface area contributed by atoms with Crippen LogP contribution in [0, 0.1) is 0 Å². The quantitative estimate of drug-likeness (QED) is 0.906. The first-order chi connectivity index (χ1) is 8.66. The summed E-state index contributed by atoms with van der Waals surface area (Å²) in [6, 6.07) is 5.29. The molecule has 98 valence electrons. The highest BCUT2D eigenvalue weighted by Crippen LogP contribution is 2.24. The Kier molecular flexibility index (Phi) is 4.95. The van der Waals surface area contributed by atoms with Crippen molar-refractivity contribution in [1.82, 2.24) is 4.90 Å². The maximum atomic E-state index is 12.1. The number of phenolic OH excluding ortho intramolecular Hbond substituents is 1. The average molecular weight is 330 g/mol. The van der Waals surface area contributed by atoms with Crippen LogP contribution in [0.15, 0.2) is 22.7 Å². The topological polar surface area (TPSA) is 40.5 Å². The summed E-state index contributed by atoms with van der Waals surface area (Å²) in [5, 5.41) is 9.59. The van der Waals surface area contributed by atoms with Crippen LogP contribution in [0.2, 0.25) is 0 Å². The number of amides is 1. The Bertz CT molecular complexity index is 431. The lowest BCUT2D eigenvalue weighted by Gasteiger charge is -2.20. The van der Waals surface area contributed by atoms with Gasteiger partial charge in [0, 0.05) is 18.8 Å². The lowest BCUT2D eigenvalue weighted by Crippen LogP contribution is -2.34. The Morgan fingerprint density at radius 2 is 2.22 bits per heavy atom. The van der Waals surface area contributed by atoms with Crippen LogP contribution in [0.3, 0.4) is 0 Å². The van der Waals surface area contributed by atoms with Gasteiger partial charge < -0.3 is 10.0 Å². The Morgan fingerprint density at radius 3 is 3.00 bits per heavy atom. The molecule has 3 nitrogen and oxygen atoms in total. The second kappa shape index (κ2) is 6.48. The molecule has 0 aliphatic carbocycles. The van der Waals surface area contributed by atoms with E-state index >= 15 is 0 Å². The molecule has 2 rings (SSSR count). The van der Waals surface area contributed by atoms with E-state index in [1.54, 1.807) is 12.1 Å². The average Bonchev–Trinajstić information content (AvgIpc) is 2.62. The Morgan fingerprint density at radius 1 is 1.39 bits per heavy atom. The molecule has 1 aromatic rings. The van der Waals surface area contributed by atoms with Crippen LogP contribution in [0.25, 0.3) is 0 Å². The summed E-state index contributed by atoms with van der Waals surface area (Å²) in [4.78, 5) is 14.1. The Hall–Kier alpha value is -0.680. The van der Waals surface area contributed by atoms with Crippen LogP contribution in [0.1, 0.15) is 12.0 Å². The first kappa shape index (κ1) is 13.7. The van der Waals surface area contributed by atoms with Gasteiger partial charge in [-0.05, 0) is 45.8 Å². The fourth-order valence-electron chi connectivity index (χ4n) is 1.95. The van der Waals surface area contributed by atoms with E-state index in [9.17, 15) is 9.90 Å². The molecule has 5 heteroatoms. The molecule has 0 radical (unpaired) electrons. The van der Waals surface area contributed by atoms with Crippen molar-refractivity contribution < 1.29 is 9.90 Å². The van der Waals surface area contributed by atoms with Gasteiger partial charge in [-0.25, -0.2) is 0 Å². The number of phenols is 1. The molecule has 0 spiro atoms. The van der Waals surface area contributed by atoms with E-state index in [-0.39, 0.29) is 11.7 Å². The molecule has 1 aliphatic heterocycles. The SMILES string of the molecule is O=C(Cc1ccc(Br)c(O)c1)N1CCCSCC1. The molecule has 1 aromatic carbocycles. The number of rotatable bonds is 2. The number of aromatic hydroxyl groups is 1. The lowest BCUT2D eigenvalue weighted by molar-refractivity contribution is -0.130. The van der Waals surface area contributed by atoms with Crippen molar-refractivity contribution in [3.8, 4) is 5.75 Å². The van der Waals surface area contributed by atoms with Crippen LogP contribution >= 0.6 is 27.7 Å². The highest BCUT2D eigenvalue weighted by Gasteiger charge is 2.16. The van der Waals surface area contributed by atoms with Gasteiger partial charge in [0.05, 0.1) is 10.9 Å². The maximum Gasteiger partial charge on any atom is 0.227 e. The van der Waals surface area contributed by atoms with Gasteiger partial charge >= 0.3 is 0 Å². The zero-order chi connectivity index (χ0) is 13.0. The molecule has 18 heavy (non-hydrogen) atoms. The predicted octanol–water partition coefficient (Wildman–Crippen LogP) is 2.66. The van der Waals surface area contributed by atoms with Gasteiger partial charge in [-0.1, -0.05) is 6.07 Å². The molecule has 1 amide bonds. The van der Waals surface area contributed by atoms with Crippen LogP contribution in [-0.2, 0) is 11.2 Å². The third-order valence-corrected chi connectivity index (χ3v) is 4.66. The van der Waals surface area contributed by atoms with E-state index in [4.69, 9.17) is 0 Å². The third kappa shape index (κ3) is 3.65. The van der Waals surface area contributed by atoms with E-state index in [2.05, 4.69) is 15.9 Å². The highest BCUT2D eigenvalue weighted by molar-refractivity contribution is 9.10. The molecule has 0 saturated carbocycles. The van der Waals surface area contributed by atoms with Crippen molar-refractivity contribution >= 4 is 33.6 Å². The minimum atomic E-state index is 0.152. The molecule has 0 atom stereocenters. The number of halogens is 1. The standard InChI is InChI=1S/C13H16BrNO2S/c14-11-3-2-10(8-12(11)16)9-13(17)15-4-1-6-18-7-5-15/h2-3,8,16H,1,4-7,9H2. The number of hydrogen-bond donors (Lipinski definition) is 1. The van der Waals surface area contributed by atoms with Crippen LogP contribution in [-0.4, -0.2) is 40.5 Å². The minimum Gasteiger partial charge on any atom is -0.507 e. The summed E-state index contributed by atoms with van der Waals surface area (Å²) in [6.45, 7) is 1.69. The Balaban J connectivity index is 1.99. The van der Waals surface area contributed by atoms with Crippen LogP contribution in [0.4, 0.5) is 0 Å². The van der Waals surface area contributed by atoms with Crippen LogP contribution < -0.4 is 0 Å². The molecule has 1 heterocycles. The summed E-state index contributed by atoms with van der Waals surface area (Å²) in [7, 11) is 0. The van der Waals surface area contributed by atoms with Gasteiger partial charge in [0.15, 0.2) is 0 Å². The number of benzene rings is 1. The van der Waals surface area contributed by atoms with Crippen molar-refractivity contribution in [3.05, 3.63) is 28.2 Å². The van der Waals surface area contributed by atoms with Gasteiger partial charge in [-0.2, -0.15) is 11.8 Å². The summed E-state index contributed by atoms with van der Waals surface area (Å²) >= 11 is 5.14. The summed E-state index contributed by atoms with van der Waals surface area (Å²) in [5.41, 5.74) is 0.859. The summed E-state index contributed by atoms with van der Waals surface area (Å²) < 4.78 is 0.657. The van der Waals surface area contributed by atoms with Gasteiger partial charge in [-0.15, -0.1) is 0 Å². The van der Waals surface area contributed by atoms with Gasteiger partial charge in [0.25, 0.3) is 0 Å². The number of carbonyl (C=O) groups excluding carboxylic acids is 1. The number of carbonyl (C=O) groups is 1. The fraction of sp³-hybridized carbons (Fsp3) is 0.462. The fourth-order valence-corrected chi connectivity index (χ4v) is 3.08. The van der Waals surface area contributed by atoms with Crippen molar-refractivity contribution in [2.24, 2.45) is 0 Å². The van der Waals surface area contributed by atoms with Crippen LogP contribution in [0.5, 0.6) is 5.75 Å². The number of nitrogens with zero attached hydrogens (tertiary/aromatic N) is 1. The lowest BCUT2D eigenvalue weighted by atomic mass is 10.1. The van der Waals surface area contributed by atoms with Crippen molar-refractivity contribution in [2.45, 2.75) is 12.8 Å². The minimum absolute atomic E-state index is 0.152. The van der Waals surface area contributed by atoms with Gasteiger partial charge in [0.2, 0.25) is 5.91 Å². The monoisotopic (exact) mass is 329 g/mol. The highest BCUT2D eigenvalue weighted by atomic mass is 79.9. The van der Waals surface area contributed by atoms with Gasteiger partial charge in [-0.3, -0.25) is 4.79 Å². The zero-order valence-corrected chi connectivity index (χ0v) is 12.5. The molecule has 1 aliphatic rings. The van der Waals surface area contributed by atoms with E-state index in [1.807, 2.05) is 22.7 Å². The molecule has 0 bridgehead atoms. The molecular weight excluding hydrogens is 314 g/mol. The van der Waals surface area contributed by atoms with Gasteiger partial charge in [0.1, 0.15) is 5.75 Å². The molecule has 1 fully saturated rings. The molecule has 0 aromatic heterocycles. The first-order valence-corrected chi connectivity index (χ1v) is 7.94. The van der Waals surface area contributed by atoms with E-state index in [0.717, 1.165) is 36.6 Å². The molecular formula is C13H16BrNO2S. The second-order valence-electron chi connectivity index (χ2n) is 4.31. The third-order valence-electron chi connectivity index (χ3n) is 2.94. The summed E-state index contributed by atoms with van der Waals surface area (Å²) in [6.07, 6.45) is 1.44. The van der Waals surface area contributed by atoms with Crippen molar-refractivity contribution in [3.63, 3.8) is 0 Å². The van der Waals surface area contributed by atoms with E-state index in [0.29, 0.717) is 10.9 Å². The summed E-state index contributed by atoms with van der Waals surface area (Å²) in [5.74, 6) is 2.51. The normalized spacial score (nSPS) is 16.4. The largest absolute Gasteiger partial charge is 0.507 e. The molecule has 1 N–H and O–H groups in total. The van der Waals surface area contributed by atoms with Crippen molar-refractivity contribution in [2.75, 3.05) is 24.6 Å². The second-order valence-corrected chi connectivity index (χ2v) is 6.39. The van der Waals surface area contributed by atoms with E-state index in [1.165, 1.54) is 0 Å². The van der Waals surface area contributed by atoms with E-state index < -0.39 is 0 Å². The van der Waals surface area contributed by atoms with Crippen molar-refractivity contribution in [1.29, 1.82) is 0 Å². The first-order valence-electron chi connectivity index (χ1n) is 6.00. The predicted molar refractivity (Wildman–Crippen MR) is 78.0 cm³/mol. The molecule has 1 saturated heterocycles. The maximum absolute atomic E-state index is 12.1. The number of thioether (sulfide) groups is 1. The zero-order valence-electron chi connectivity index (χ0n) is 10.1.